The number of nitrogens with zero attached hydrogens (tertiary/aromatic N) is 2. The van der Waals surface area contributed by atoms with Crippen LogP contribution < -0.4 is 4.90 Å². The molecule has 0 bridgehead atoms. The van der Waals surface area contributed by atoms with Crippen molar-refractivity contribution in [1.82, 2.24) is 4.98 Å². The van der Waals surface area contributed by atoms with Gasteiger partial charge in [-0.25, -0.2) is 4.79 Å². The molecule has 0 fully saturated rings. The second-order valence-corrected chi connectivity index (χ2v) is 5.08. The first kappa shape index (κ1) is 14.8. The van der Waals surface area contributed by atoms with Gasteiger partial charge in [-0.05, 0) is 28.5 Å². The Balaban J connectivity index is 0.000000140. The van der Waals surface area contributed by atoms with Crippen molar-refractivity contribution in [3.8, 4) is 0 Å². The normalized spacial score (nSPS) is 12.3. The van der Waals surface area contributed by atoms with Crippen molar-refractivity contribution in [2.45, 2.75) is 0 Å². The molecule has 1 amide bonds. The summed E-state index contributed by atoms with van der Waals surface area (Å²) in [5.74, 6) is 0. The largest absolute Gasteiger partial charge is 0.465 e. The molecule has 4 nitrogen and oxygen atoms in total. The fourth-order valence-electron chi connectivity index (χ4n) is 2.47. The van der Waals surface area contributed by atoms with Crippen LogP contribution in [0.25, 0.3) is 16.8 Å². The number of pyridine rings is 1. The molecule has 0 unspecified atom stereocenters. The number of benzene rings is 2. The van der Waals surface area contributed by atoms with Crippen molar-refractivity contribution in [3.63, 3.8) is 0 Å². The second kappa shape index (κ2) is 6.75. The monoisotopic (exact) mass is 304 g/mol. The Bertz CT molecular complexity index is 793. The number of carboxylic acid groups (broad SMARTS) is 1. The molecule has 4 heteroatoms. The molecule has 1 N–H and O–H groups in total. The zero-order valence-electron chi connectivity index (χ0n) is 12.5. The quantitative estimate of drug-likeness (QED) is 0.668. The number of carbonyl (C=O) groups is 1. The van der Waals surface area contributed by atoms with E-state index < -0.39 is 6.09 Å². The predicted molar refractivity (Wildman–Crippen MR) is 92.6 cm³/mol. The first-order chi connectivity index (χ1) is 11.3. The first-order valence-electron chi connectivity index (χ1n) is 7.30. The van der Waals surface area contributed by atoms with Gasteiger partial charge in [0.15, 0.2) is 0 Å². The van der Waals surface area contributed by atoms with Gasteiger partial charge in [0.25, 0.3) is 0 Å². The van der Waals surface area contributed by atoms with Crippen LogP contribution in [0.2, 0.25) is 0 Å². The van der Waals surface area contributed by atoms with E-state index in [-0.39, 0.29) is 0 Å². The van der Waals surface area contributed by atoms with Crippen molar-refractivity contribution in [2.24, 2.45) is 0 Å². The summed E-state index contributed by atoms with van der Waals surface area (Å²) in [5.41, 5.74) is 1.72. The van der Waals surface area contributed by atoms with Crippen LogP contribution in [0.5, 0.6) is 0 Å². The minimum absolute atomic E-state index is 0.437. The van der Waals surface area contributed by atoms with Crippen LogP contribution in [0.3, 0.4) is 0 Å². The molecule has 0 radical (unpaired) electrons. The molecular formula is C19H16N2O2. The van der Waals surface area contributed by atoms with Crippen LogP contribution in [0, 0.1) is 0 Å². The highest BCUT2D eigenvalue weighted by molar-refractivity contribution is 5.91. The zero-order chi connectivity index (χ0) is 16.1. The molecule has 1 aliphatic rings. The van der Waals surface area contributed by atoms with E-state index in [9.17, 15) is 4.79 Å². The molecule has 0 saturated heterocycles. The third-order valence-corrected chi connectivity index (χ3v) is 3.59. The number of rotatable bonds is 0. The van der Waals surface area contributed by atoms with Crippen LogP contribution in [0.15, 0.2) is 73.1 Å². The topological polar surface area (TPSA) is 53.4 Å². The van der Waals surface area contributed by atoms with Gasteiger partial charge in [0.05, 0.1) is 5.69 Å². The fraction of sp³-hybridized carbons (Fsp3) is 0.0526. The number of fused-ring (bicyclic) bond motifs is 2. The Morgan fingerprint density at radius 3 is 2.52 bits per heavy atom. The van der Waals surface area contributed by atoms with Crippen LogP contribution in [0.4, 0.5) is 10.5 Å². The molecule has 114 valence electrons. The number of aromatic nitrogens is 1. The van der Waals surface area contributed by atoms with E-state index in [1.54, 1.807) is 0 Å². The maximum Gasteiger partial charge on any atom is 0.412 e. The standard InChI is InChI=1S/C10H9NO2.C9H7N/c12-10(13)11-7-3-5-8-4-1-2-6-9(8)11;1-2-4-9-7-10-6-5-8(9)3-1/h1-6H,7H2,(H,12,13);1-7H. The lowest BCUT2D eigenvalue weighted by Crippen LogP contribution is -2.31. The zero-order valence-corrected chi connectivity index (χ0v) is 12.5. The molecule has 0 spiro atoms. The summed E-state index contributed by atoms with van der Waals surface area (Å²) in [4.78, 5) is 16.2. The van der Waals surface area contributed by atoms with Crippen molar-refractivity contribution < 1.29 is 9.90 Å². The van der Waals surface area contributed by atoms with E-state index in [2.05, 4.69) is 17.1 Å². The van der Waals surface area contributed by atoms with Gasteiger partial charge in [0, 0.05) is 18.9 Å². The summed E-state index contributed by atoms with van der Waals surface area (Å²) in [5, 5.41) is 11.3. The van der Waals surface area contributed by atoms with Gasteiger partial charge >= 0.3 is 6.09 Å². The Morgan fingerprint density at radius 1 is 1.00 bits per heavy atom. The van der Waals surface area contributed by atoms with Crippen LogP contribution in [0.1, 0.15) is 5.56 Å². The number of hydrogen-bond acceptors (Lipinski definition) is 2. The Kier molecular flexibility index (Phi) is 4.34. The highest BCUT2D eigenvalue weighted by atomic mass is 16.4. The van der Waals surface area contributed by atoms with E-state index in [1.165, 1.54) is 15.7 Å². The molecule has 4 rings (SSSR count). The van der Waals surface area contributed by atoms with E-state index >= 15 is 0 Å². The van der Waals surface area contributed by atoms with E-state index in [1.807, 2.05) is 67.0 Å². The van der Waals surface area contributed by atoms with Gasteiger partial charge in [-0.15, -0.1) is 0 Å². The lowest BCUT2D eigenvalue weighted by Gasteiger charge is -2.22. The molecule has 3 aromatic rings. The van der Waals surface area contributed by atoms with Gasteiger partial charge in [0.2, 0.25) is 0 Å². The van der Waals surface area contributed by atoms with Crippen molar-refractivity contribution in [3.05, 3.63) is 78.6 Å². The summed E-state index contributed by atoms with van der Waals surface area (Å²) in [7, 11) is 0. The van der Waals surface area contributed by atoms with Gasteiger partial charge in [-0.2, -0.15) is 0 Å². The summed E-state index contributed by atoms with van der Waals surface area (Å²) in [6.45, 7) is 0.437. The van der Waals surface area contributed by atoms with Crippen molar-refractivity contribution >= 4 is 28.6 Å². The smallest absolute Gasteiger partial charge is 0.412 e. The average molecular weight is 304 g/mol. The summed E-state index contributed by atoms with van der Waals surface area (Å²) < 4.78 is 0. The first-order valence-corrected chi connectivity index (χ1v) is 7.30. The predicted octanol–water partition coefficient (Wildman–Crippen LogP) is 4.43. The minimum Gasteiger partial charge on any atom is -0.465 e. The summed E-state index contributed by atoms with van der Waals surface area (Å²) >= 11 is 0. The fourth-order valence-corrected chi connectivity index (χ4v) is 2.47. The van der Waals surface area contributed by atoms with Crippen LogP contribution in [-0.2, 0) is 0 Å². The average Bonchev–Trinajstić information content (AvgIpc) is 2.62. The number of anilines is 1. The van der Waals surface area contributed by atoms with Crippen LogP contribution in [-0.4, -0.2) is 22.7 Å². The van der Waals surface area contributed by atoms with E-state index in [4.69, 9.17) is 5.11 Å². The van der Waals surface area contributed by atoms with E-state index in [0.29, 0.717) is 6.54 Å². The number of amides is 1. The Labute approximate surface area is 134 Å². The molecular weight excluding hydrogens is 288 g/mol. The third-order valence-electron chi connectivity index (χ3n) is 3.59. The van der Waals surface area contributed by atoms with Gasteiger partial charge in [-0.3, -0.25) is 9.88 Å². The number of hydrogen-bond donors (Lipinski definition) is 1. The Morgan fingerprint density at radius 2 is 1.74 bits per heavy atom. The molecule has 2 aromatic carbocycles. The maximum atomic E-state index is 10.8. The highest BCUT2D eigenvalue weighted by Gasteiger charge is 2.17. The molecule has 2 heterocycles. The second-order valence-electron chi connectivity index (χ2n) is 5.08. The molecule has 0 atom stereocenters. The van der Waals surface area contributed by atoms with Gasteiger partial charge in [-0.1, -0.05) is 54.6 Å². The van der Waals surface area contributed by atoms with Gasteiger partial charge in [0.1, 0.15) is 0 Å². The highest BCUT2D eigenvalue weighted by Crippen LogP contribution is 2.25. The number of para-hydroxylation sites is 1. The van der Waals surface area contributed by atoms with Crippen LogP contribution >= 0.6 is 0 Å². The summed E-state index contributed by atoms with van der Waals surface area (Å²) in [6.07, 6.45) is 6.56. The van der Waals surface area contributed by atoms with Crippen molar-refractivity contribution in [2.75, 3.05) is 11.4 Å². The SMILES string of the molecule is O=C(O)N1CC=Cc2ccccc21.c1ccc2cnccc2c1. The van der Waals surface area contributed by atoms with Crippen molar-refractivity contribution in [1.29, 1.82) is 0 Å². The summed E-state index contributed by atoms with van der Waals surface area (Å²) in [6, 6.07) is 17.7. The molecule has 0 saturated carbocycles. The lowest BCUT2D eigenvalue weighted by atomic mass is 10.1. The minimum atomic E-state index is -0.906. The molecule has 1 aliphatic heterocycles. The molecule has 0 aliphatic carbocycles. The lowest BCUT2D eigenvalue weighted by molar-refractivity contribution is 0.202. The molecule has 1 aromatic heterocycles. The maximum absolute atomic E-state index is 10.8. The molecule has 23 heavy (non-hydrogen) atoms. The Hall–Kier alpha value is -3.14. The van der Waals surface area contributed by atoms with Gasteiger partial charge < -0.3 is 5.11 Å². The van der Waals surface area contributed by atoms with E-state index in [0.717, 1.165) is 11.3 Å². The third kappa shape index (κ3) is 3.37.